The molecule has 1 aromatic rings. The van der Waals surface area contributed by atoms with Crippen LogP contribution in [0.5, 0.6) is 11.5 Å². The molecule has 0 heterocycles. The van der Waals surface area contributed by atoms with Crippen molar-refractivity contribution in [1.82, 2.24) is 0 Å². The standard InChI is InChI=1S/C14H16O5/c1-18-11-7-6-8-9(13(11)19-2)4-3-5-10(12(8)15)14(16)17/h6-7,10H,3-5H2,1-2H3,(H,16,17). The first-order valence-corrected chi connectivity index (χ1v) is 6.11. The second-order valence-electron chi connectivity index (χ2n) is 4.47. The Labute approximate surface area is 111 Å². The number of aliphatic carboxylic acids is 1. The predicted molar refractivity (Wildman–Crippen MR) is 67.9 cm³/mol. The van der Waals surface area contributed by atoms with E-state index in [-0.39, 0.29) is 5.78 Å². The van der Waals surface area contributed by atoms with E-state index >= 15 is 0 Å². The molecule has 1 atom stereocenters. The third-order valence-electron chi connectivity index (χ3n) is 3.45. The van der Waals surface area contributed by atoms with Crippen LogP contribution in [-0.2, 0) is 11.2 Å². The summed E-state index contributed by atoms with van der Waals surface area (Å²) < 4.78 is 10.5. The predicted octanol–water partition coefficient (Wildman–Crippen LogP) is 1.92. The fourth-order valence-electron chi connectivity index (χ4n) is 2.51. The topological polar surface area (TPSA) is 72.8 Å². The summed E-state index contributed by atoms with van der Waals surface area (Å²) in [4.78, 5) is 23.4. The Morgan fingerprint density at radius 3 is 2.63 bits per heavy atom. The molecular formula is C14H16O5. The quantitative estimate of drug-likeness (QED) is 0.667. The average Bonchev–Trinajstić information content (AvgIpc) is 2.57. The molecule has 0 bridgehead atoms. The summed E-state index contributed by atoms with van der Waals surface area (Å²) in [5.74, 6) is -1.28. The molecule has 1 aliphatic rings. The Bertz CT molecular complexity index is 521. The van der Waals surface area contributed by atoms with E-state index in [4.69, 9.17) is 14.6 Å². The normalized spacial score (nSPS) is 18.4. The molecule has 1 unspecified atom stereocenters. The van der Waals surface area contributed by atoms with E-state index in [1.165, 1.54) is 14.2 Å². The SMILES string of the molecule is COc1ccc2c(c1OC)CCCC(C(=O)O)C2=O. The van der Waals surface area contributed by atoms with Crippen LogP contribution in [0, 0.1) is 5.92 Å². The molecule has 5 nitrogen and oxygen atoms in total. The second kappa shape index (κ2) is 5.30. The second-order valence-corrected chi connectivity index (χ2v) is 4.47. The van der Waals surface area contributed by atoms with Gasteiger partial charge in [-0.15, -0.1) is 0 Å². The van der Waals surface area contributed by atoms with Gasteiger partial charge in [-0.05, 0) is 31.4 Å². The van der Waals surface area contributed by atoms with Gasteiger partial charge in [0.25, 0.3) is 0 Å². The van der Waals surface area contributed by atoms with Crippen LogP contribution >= 0.6 is 0 Å². The maximum Gasteiger partial charge on any atom is 0.314 e. The Balaban J connectivity index is 2.55. The molecule has 1 N–H and O–H groups in total. The number of methoxy groups -OCH3 is 2. The molecule has 0 amide bonds. The molecular weight excluding hydrogens is 248 g/mol. The highest BCUT2D eigenvalue weighted by Crippen LogP contribution is 2.37. The Hall–Kier alpha value is -2.04. The number of carbonyl (C=O) groups excluding carboxylic acids is 1. The molecule has 0 aliphatic heterocycles. The Morgan fingerprint density at radius 1 is 1.32 bits per heavy atom. The minimum atomic E-state index is -1.06. The zero-order valence-electron chi connectivity index (χ0n) is 10.9. The van der Waals surface area contributed by atoms with Gasteiger partial charge >= 0.3 is 5.97 Å². The number of hydrogen-bond donors (Lipinski definition) is 1. The van der Waals surface area contributed by atoms with E-state index in [1.807, 2.05) is 0 Å². The van der Waals surface area contributed by atoms with E-state index in [1.54, 1.807) is 12.1 Å². The van der Waals surface area contributed by atoms with Gasteiger partial charge in [-0.25, -0.2) is 0 Å². The molecule has 0 saturated heterocycles. The first-order chi connectivity index (χ1) is 9.10. The molecule has 0 radical (unpaired) electrons. The van der Waals surface area contributed by atoms with Crippen LogP contribution in [0.1, 0.15) is 28.8 Å². The number of benzene rings is 1. The number of ether oxygens (including phenoxy) is 2. The summed E-state index contributed by atoms with van der Waals surface area (Å²) in [6, 6.07) is 3.26. The summed E-state index contributed by atoms with van der Waals surface area (Å²) >= 11 is 0. The zero-order valence-corrected chi connectivity index (χ0v) is 10.9. The zero-order chi connectivity index (χ0) is 14.0. The van der Waals surface area contributed by atoms with Gasteiger partial charge in [0, 0.05) is 11.1 Å². The van der Waals surface area contributed by atoms with Gasteiger partial charge < -0.3 is 14.6 Å². The van der Waals surface area contributed by atoms with Crippen molar-refractivity contribution < 1.29 is 24.2 Å². The Morgan fingerprint density at radius 2 is 2.05 bits per heavy atom. The summed E-state index contributed by atoms with van der Waals surface area (Å²) in [6.45, 7) is 0. The Kier molecular flexibility index (Phi) is 3.74. The number of fused-ring (bicyclic) bond motifs is 1. The molecule has 5 heteroatoms. The molecule has 0 fully saturated rings. The lowest BCUT2D eigenvalue weighted by molar-refractivity contribution is -0.140. The van der Waals surface area contributed by atoms with Crippen molar-refractivity contribution in [3.63, 3.8) is 0 Å². The lowest BCUT2D eigenvalue weighted by Crippen LogP contribution is -2.23. The van der Waals surface area contributed by atoms with Crippen LogP contribution in [0.4, 0.5) is 0 Å². The molecule has 2 rings (SSSR count). The number of carboxylic acid groups (broad SMARTS) is 1. The number of carboxylic acids is 1. The van der Waals surface area contributed by atoms with Gasteiger partial charge in [0.2, 0.25) is 0 Å². The van der Waals surface area contributed by atoms with Crippen LogP contribution in [0.3, 0.4) is 0 Å². The smallest absolute Gasteiger partial charge is 0.314 e. The van der Waals surface area contributed by atoms with Crippen molar-refractivity contribution in [2.75, 3.05) is 14.2 Å². The lowest BCUT2D eigenvalue weighted by atomic mass is 9.95. The summed E-state index contributed by atoms with van der Waals surface area (Å²) in [5.41, 5.74) is 1.18. The van der Waals surface area contributed by atoms with Gasteiger partial charge in [-0.3, -0.25) is 9.59 Å². The van der Waals surface area contributed by atoms with Crippen molar-refractivity contribution >= 4 is 11.8 Å². The summed E-state index contributed by atoms with van der Waals surface area (Å²) in [5, 5.41) is 9.11. The van der Waals surface area contributed by atoms with Gasteiger partial charge in [-0.1, -0.05) is 0 Å². The van der Waals surface area contributed by atoms with E-state index in [9.17, 15) is 9.59 Å². The van der Waals surface area contributed by atoms with Crippen molar-refractivity contribution in [2.45, 2.75) is 19.3 Å². The van der Waals surface area contributed by atoms with Crippen molar-refractivity contribution in [3.8, 4) is 11.5 Å². The van der Waals surface area contributed by atoms with E-state index in [0.29, 0.717) is 36.3 Å². The van der Waals surface area contributed by atoms with Crippen LogP contribution in [0.25, 0.3) is 0 Å². The van der Waals surface area contributed by atoms with Crippen molar-refractivity contribution in [2.24, 2.45) is 5.92 Å². The minimum absolute atomic E-state index is 0.346. The van der Waals surface area contributed by atoms with E-state index < -0.39 is 11.9 Å². The molecule has 0 saturated carbocycles. The first kappa shape index (κ1) is 13.4. The van der Waals surface area contributed by atoms with E-state index in [2.05, 4.69) is 0 Å². The van der Waals surface area contributed by atoms with Crippen LogP contribution in [0.15, 0.2) is 12.1 Å². The molecule has 1 aliphatic carbocycles. The number of Topliss-reactive ketones (excluding diaryl/α,β-unsaturated/α-hetero) is 1. The maximum absolute atomic E-state index is 12.3. The summed E-state index contributed by atoms with van der Waals surface area (Å²) in [7, 11) is 3.05. The largest absolute Gasteiger partial charge is 0.493 e. The average molecular weight is 264 g/mol. The van der Waals surface area contributed by atoms with Crippen LogP contribution in [0.2, 0.25) is 0 Å². The number of carbonyl (C=O) groups is 2. The van der Waals surface area contributed by atoms with Gasteiger partial charge in [-0.2, -0.15) is 0 Å². The summed E-state index contributed by atoms with van der Waals surface area (Å²) in [6.07, 6.45) is 1.61. The number of hydrogen-bond acceptors (Lipinski definition) is 4. The van der Waals surface area contributed by atoms with Crippen molar-refractivity contribution in [1.29, 1.82) is 0 Å². The highest BCUT2D eigenvalue weighted by molar-refractivity contribution is 6.09. The number of ketones is 1. The van der Waals surface area contributed by atoms with Crippen LogP contribution < -0.4 is 9.47 Å². The van der Waals surface area contributed by atoms with Gasteiger partial charge in [0.05, 0.1) is 14.2 Å². The molecule has 1 aromatic carbocycles. The molecule has 102 valence electrons. The third-order valence-corrected chi connectivity index (χ3v) is 3.45. The molecule has 19 heavy (non-hydrogen) atoms. The monoisotopic (exact) mass is 264 g/mol. The van der Waals surface area contributed by atoms with Gasteiger partial charge in [0.15, 0.2) is 17.3 Å². The molecule has 0 aromatic heterocycles. The lowest BCUT2D eigenvalue weighted by Gasteiger charge is -2.14. The maximum atomic E-state index is 12.3. The van der Waals surface area contributed by atoms with E-state index in [0.717, 1.165) is 5.56 Å². The highest BCUT2D eigenvalue weighted by Gasteiger charge is 2.32. The van der Waals surface area contributed by atoms with Crippen LogP contribution in [-0.4, -0.2) is 31.1 Å². The third kappa shape index (κ3) is 2.28. The fraction of sp³-hybridized carbons (Fsp3) is 0.429. The van der Waals surface area contributed by atoms with Crippen molar-refractivity contribution in [3.05, 3.63) is 23.3 Å². The van der Waals surface area contributed by atoms with Gasteiger partial charge in [0.1, 0.15) is 5.92 Å². The highest BCUT2D eigenvalue weighted by atomic mass is 16.5. The first-order valence-electron chi connectivity index (χ1n) is 6.11. The minimum Gasteiger partial charge on any atom is -0.493 e. The molecule has 0 spiro atoms. The fourth-order valence-corrected chi connectivity index (χ4v) is 2.51. The number of rotatable bonds is 3.